The zero-order chi connectivity index (χ0) is 29.4. The van der Waals surface area contributed by atoms with E-state index in [2.05, 4.69) is 27.9 Å². The summed E-state index contributed by atoms with van der Waals surface area (Å²) in [5.74, 6) is -0.840. The summed E-state index contributed by atoms with van der Waals surface area (Å²) in [6, 6.07) is 18.9. The van der Waals surface area contributed by atoms with Crippen molar-refractivity contribution >= 4 is 73.3 Å². The molecule has 2 atom stereocenters. The highest BCUT2D eigenvalue weighted by Crippen LogP contribution is 2.27. The second-order valence-corrected chi connectivity index (χ2v) is 13.2. The Labute approximate surface area is 260 Å². The highest BCUT2D eigenvalue weighted by atomic mass is 127. The Bertz CT molecular complexity index is 1420. The van der Waals surface area contributed by atoms with Crippen LogP contribution in [0.15, 0.2) is 77.7 Å². The normalized spacial score (nSPS) is 12.8. The molecule has 0 aromatic heterocycles. The highest BCUT2D eigenvalue weighted by Gasteiger charge is 2.34. The number of carbonyl (C=O) groups excluding carboxylic acids is 2. The lowest BCUT2D eigenvalue weighted by molar-refractivity contribution is -0.140. The van der Waals surface area contributed by atoms with Gasteiger partial charge in [-0.3, -0.25) is 13.9 Å². The molecule has 214 valence electrons. The summed E-state index contributed by atoms with van der Waals surface area (Å²) in [5, 5.41) is 3.64. The molecule has 1 N–H and O–H groups in total. The molecule has 3 aromatic rings. The van der Waals surface area contributed by atoms with Crippen molar-refractivity contribution in [3.63, 3.8) is 0 Å². The number of sulfonamides is 1. The summed E-state index contributed by atoms with van der Waals surface area (Å²) in [6.45, 7) is 5.19. The average Bonchev–Trinajstić information content (AvgIpc) is 2.94. The van der Waals surface area contributed by atoms with Gasteiger partial charge in [0, 0.05) is 16.2 Å². The summed E-state index contributed by atoms with van der Waals surface area (Å²) in [7, 11) is -4.11. The second-order valence-electron chi connectivity index (χ2n) is 9.31. The molecule has 0 aliphatic carbocycles. The lowest BCUT2D eigenvalue weighted by atomic mass is 10.1. The third kappa shape index (κ3) is 8.11. The van der Waals surface area contributed by atoms with Gasteiger partial charge in [-0.1, -0.05) is 61.3 Å². The maximum atomic E-state index is 14.1. The van der Waals surface area contributed by atoms with Crippen LogP contribution in [-0.2, 0) is 26.2 Å². The van der Waals surface area contributed by atoms with E-state index < -0.39 is 28.5 Å². The lowest BCUT2D eigenvalue weighted by Crippen LogP contribution is -2.53. The predicted octanol–water partition coefficient (Wildman–Crippen LogP) is 6.52. The van der Waals surface area contributed by atoms with Gasteiger partial charge in [-0.05, 0) is 96.5 Å². The Hall–Kier alpha value is -2.34. The maximum Gasteiger partial charge on any atom is 0.264 e. The van der Waals surface area contributed by atoms with Crippen molar-refractivity contribution in [1.82, 2.24) is 10.2 Å². The highest BCUT2D eigenvalue weighted by molar-refractivity contribution is 14.1. The molecule has 3 rings (SSSR count). The first-order valence-corrected chi connectivity index (χ1v) is 16.1. The van der Waals surface area contributed by atoms with Crippen LogP contribution in [0.5, 0.6) is 0 Å². The molecule has 0 radical (unpaired) electrons. The Morgan fingerprint density at radius 1 is 0.925 bits per heavy atom. The van der Waals surface area contributed by atoms with Crippen molar-refractivity contribution < 1.29 is 18.0 Å². The molecule has 40 heavy (non-hydrogen) atoms. The van der Waals surface area contributed by atoms with Gasteiger partial charge in [0.1, 0.15) is 12.6 Å². The number of carbonyl (C=O) groups is 2. The second kappa shape index (κ2) is 14.5. The van der Waals surface area contributed by atoms with Crippen molar-refractivity contribution in [3.05, 3.63) is 92.0 Å². The molecule has 0 aliphatic heterocycles. The van der Waals surface area contributed by atoms with Crippen LogP contribution in [0.25, 0.3) is 0 Å². The Morgan fingerprint density at radius 3 is 2.15 bits per heavy atom. The number of amides is 2. The minimum Gasteiger partial charge on any atom is -0.352 e. The molecule has 0 saturated heterocycles. The molecule has 7 nitrogen and oxygen atoms in total. The Kier molecular flexibility index (Phi) is 11.7. The van der Waals surface area contributed by atoms with E-state index in [1.165, 1.54) is 17.0 Å². The van der Waals surface area contributed by atoms with Crippen molar-refractivity contribution in [3.8, 4) is 0 Å². The Morgan fingerprint density at radius 2 is 1.57 bits per heavy atom. The minimum absolute atomic E-state index is 0.0358. The molecular formula is C29H32Cl2IN3O4S. The van der Waals surface area contributed by atoms with Crippen LogP contribution in [0, 0.1) is 3.57 Å². The molecule has 0 saturated carbocycles. The maximum absolute atomic E-state index is 14.1. The van der Waals surface area contributed by atoms with Crippen LogP contribution in [0.2, 0.25) is 10.0 Å². The zero-order valence-electron chi connectivity index (χ0n) is 22.5. The van der Waals surface area contributed by atoms with E-state index in [9.17, 15) is 18.0 Å². The summed E-state index contributed by atoms with van der Waals surface area (Å²) in [4.78, 5) is 28.9. The fourth-order valence-electron chi connectivity index (χ4n) is 4.05. The van der Waals surface area contributed by atoms with Gasteiger partial charge < -0.3 is 10.2 Å². The van der Waals surface area contributed by atoms with Crippen LogP contribution < -0.4 is 9.62 Å². The van der Waals surface area contributed by atoms with E-state index in [4.69, 9.17) is 23.2 Å². The standard InChI is InChI=1S/C29H32Cl2IN3O4S/c1-4-20(3)33-29(37)27(5-2)34(18-21-11-16-25(30)26(31)17-21)28(36)19-35(23-14-12-22(32)13-15-23)40(38,39)24-9-7-6-8-10-24/h6-17,20,27H,4-5,18-19H2,1-3H3,(H,33,37)/t20-,27-/m0/s1. The third-order valence-corrected chi connectivity index (χ3v) is 9.69. The summed E-state index contributed by atoms with van der Waals surface area (Å²) in [6.07, 6.45) is 1.04. The third-order valence-electron chi connectivity index (χ3n) is 6.45. The topological polar surface area (TPSA) is 86.8 Å². The van der Waals surface area contributed by atoms with Crippen molar-refractivity contribution in [2.75, 3.05) is 10.8 Å². The summed E-state index contributed by atoms with van der Waals surface area (Å²) < 4.78 is 29.6. The average molecular weight is 716 g/mol. The SMILES string of the molecule is CC[C@H](C)NC(=O)[C@H](CC)N(Cc1ccc(Cl)c(Cl)c1)C(=O)CN(c1ccc(I)cc1)S(=O)(=O)c1ccccc1. The number of benzene rings is 3. The molecule has 0 bridgehead atoms. The van der Waals surface area contributed by atoms with Crippen molar-refractivity contribution in [2.45, 2.75) is 57.1 Å². The molecular weight excluding hydrogens is 684 g/mol. The molecule has 2 amide bonds. The fraction of sp³-hybridized carbons (Fsp3) is 0.310. The number of halogens is 3. The van der Waals surface area contributed by atoms with Gasteiger partial charge in [0.05, 0.1) is 20.6 Å². The van der Waals surface area contributed by atoms with E-state index in [1.807, 2.05) is 20.8 Å². The molecule has 0 heterocycles. The van der Waals surface area contributed by atoms with Gasteiger partial charge in [0.2, 0.25) is 11.8 Å². The molecule has 0 unspecified atom stereocenters. The van der Waals surface area contributed by atoms with E-state index in [1.54, 1.807) is 60.7 Å². The van der Waals surface area contributed by atoms with E-state index in [0.29, 0.717) is 27.7 Å². The largest absolute Gasteiger partial charge is 0.352 e. The molecule has 3 aromatic carbocycles. The van der Waals surface area contributed by atoms with Crippen LogP contribution in [-0.4, -0.2) is 43.8 Å². The van der Waals surface area contributed by atoms with Gasteiger partial charge in [0.15, 0.2) is 0 Å². The first-order valence-electron chi connectivity index (χ1n) is 12.8. The number of nitrogens with zero attached hydrogens (tertiary/aromatic N) is 2. The fourth-order valence-corrected chi connectivity index (χ4v) is 6.17. The zero-order valence-corrected chi connectivity index (χ0v) is 27.0. The number of rotatable bonds is 12. The number of hydrogen-bond acceptors (Lipinski definition) is 4. The van der Waals surface area contributed by atoms with Crippen LogP contribution in [0.1, 0.15) is 39.2 Å². The van der Waals surface area contributed by atoms with Crippen molar-refractivity contribution in [2.24, 2.45) is 0 Å². The summed E-state index contributed by atoms with van der Waals surface area (Å²) in [5.41, 5.74) is 0.994. The van der Waals surface area contributed by atoms with E-state index in [-0.39, 0.29) is 23.4 Å². The van der Waals surface area contributed by atoms with Crippen LogP contribution in [0.3, 0.4) is 0 Å². The summed E-state index contributed by atoms with van der Waals surface area (Å²) >= 11 is 14.5. The number of hydrogen-bond donors (Lipinski definition) is 1. The first kappa shape index (κ1) is 32.2. The van der Waals surface area contributed by atoms with Gasteiger partial charge in [-0.25, -0.2) is 8.42 Å². The number of nitrogens with one attached hydrogen (secondary N) is 1. The predicted molar refractivity (Wildman–Crippen MR) is 169 cm³/mol. The van der Waals surface area contributed by atoms with Gasteiger partial charge in [-0.15, -0.1) is 0 Å². The first-order chi connectivity index (χ1) is 19.0. The Balaban J connectivity index is 2.06. The molecule has 0 aliphatic rings. The smallest absolute Gasteiger partial charge is 0.264 e. The molecule has 0 fully saturated rings. The lowest BCUT2D eigenvalue weighted by Gasteiger charge is -2.33. The molecule has 0 spiro atoms. The monoisotopic (exact) mass is 715 g/mol. The van der Waals surface area contributed by atoms with Crippen LogP contribution in [0.4, 0.5) is 5.69 Å². The number of anilines is 1. The quantitative estimate of drug-likeness (QED) is 0.217. The van der Waals surface area contributed by atoms with E-state index >= 15 is 0 Å². The van der Waals surface area contributed by atoms with E-state index in [0.717, 1.165) is 14.3 Å². The van der Waals surface area contributed by atoms with Gasteiger partial charge in [-0.2, -0.15) is 0 Å². The minimum atomic E-state index is -4.11. The van der Waals surface area contributed by atoms with Gasteiger partial charge in [0.25, 0.3) is 10.0 Å². The molecule has 11 heteroatoms. The van der Waals surface area contributed by atoms with Gasteiger partial charge >= 0.3 is 0 Å². The van der Waals surface area contributed by atoms with Crippen LogP contribution >= 0.6 is 45.8 Å². The van der Waals surface area contributed by atoms with Crippen molar-refractivity contribution in [1.29, 1.82) is 0 Å².